The molecule has 28 heavy (non-hydrogen) atoms. The highest BCUT2D eigenvalue weighted by Crippen LogP contribution is 2.21. The predicted molar refractivity (Wildman–Crippen MR) is 106 cm³/mol. The topological polar surface area (TPSA) is 54.0 Å². The molecule has 2 aromatic rings. The average molecular weight is 387 g/mol. The summed E-state index contributed by atoms with van der Waals surface area (Å²) in [6.45, 7) is 7.50. The van der Waals surface area contributed by atoms with Gasteiger partial charge in [-0.2, -0.15) is 0 Å². The van der Waals surface area contributed by atoms with Crippen LogP contribution in [0.15, 0.2) is 30.3 Å². The molecule has 4 rings (SSSR count). The van der Waals surface area contributed by atoms with Gasteiger partial charge < -0.3 is 19.3 Å². The molecule has 1 aromatic carbocycles. The van der Waals surface area contributed by atoms with Gasteiger partial charge in [-0.05, 0) is 29.8 Å². The molecule has 0 unspecified atom stereocenters. The van der Waals surface area contributed by atoms with E-state index in [1.807, 2.05) is 18.2 Å². The van der Waals surface area contributed by atoms with Gasteiger partial charge in [-0.15, -0.1) is 10.2 Å². The first-order valence-corrected chi connectivity index (χ1v) is 9.69. The van der Waals surface area contributed by atoms with Crippen LogP contribution in [-0.2, 0) is 11.3 Å². The number of rotatable bonds is 5. The molecule has 0 N–H and O–H groups in total. The van der Waals surface area contributed by atoms with Crippen molar-refractivity contribution in [3.8, 4) is 5.75 Å². The molecule has 2 saturated heterocycles. The van der Waals surface area contributed by atoms with Gasteiger partial charge in [0.25, 0.3) is 0 Å². The van der Waals surface area contributed by atoms with Crippen LogP contribution in [0, 0.1) is 5.82 Å². The fraction of sp³-hybridized carbons (Fsp3) is 0.500. The highest BCUT2D eigenvalue weighted by molar-refractivity contribution is 5.45. The van der Waals surface area contributed by atoms with E-state index < -0.39 is 0 Å². The molecule has 2 aliphatic rings. The Morgan fingerprint density at radius 3 is 2.14 bits per heavy atom. The summed E-state index contributed by atoms with van der Waals surface area (Å²) in [6.07, 6.45) is 0. The van der Waals surface area contributed by atoms with Crippen molar-refractivity contribution in [2.45, 2.75) is 6.54 Å². The molecular weight excluding hydrogens is 361 g/mol. The van der Waals surface area contributed by atoms with E-state index in [-0.39, 0.29) is 11.6 Å². The maximum Gasteiger partial charge on any atom is 0.165 e. The lowest BCUT2D eigenvalue weighted by molar-refractivity contribution is 0.122. The molecule has 2 fully saturated rings. The number of piperazine rings is 1. The van der Waals surface area contributed by atoms with E-state index in [4.69, 9.17) is 9.47 Å². The average Bonchev–Trinajstić information content (AvgIpc) is 2.75. The maximum absolute atomic E-state index is 13.9. The third-order valence-corrected chi connectivity index (χ3v) is 5.29. The first kappa shape index (κ1) is 18.9. The van der Waals surface area contributed by atoms with Crippen LogP contribution >= 0.6 is 0 Å². The number of aromatic nitrogens is 2. The number of ether oxygens (including phenoxy) is 2. The number of hydrogen-bond donors (Lipinski definition) is 0. The van der Waals surface area contributed by atoms with Crippen LogP contribution in [0.2, 0.25) is 0 Å². The summed E-state index contributed by atoms with van der Waals surface area (Å²) < 4.78 is 24.2. The van der Waals surface area contributed by atoms with Crippen molar-refractivity contribution in [2.75, 3.05) is 69.4 Å². The molecule has 7 nitrogen and oxygen atoms in total. The predicted octanol–water partition coefficient (Wildman–Crippen LogP) is 1.78. The largest absolute Gasteiger partial charge is 0.494 e. The molecular formula is C20H26FN5O2. The second-order valence-corrected chi connectivity index (χ2v) is 7.08. The SMILES string of the molecule is COc1ccc(CN2CCN(c3ccc(N4CCOCC4)nn3)CC2)cc1F. The molecule has 3 heterocycles. The van der Waals surface area contributed by atoms with Gasteiger partial charge in [-0.1, -0.05) is 6.07 Å². The van der Waals surface area contributed by atoms with E-state index in [2.05, 4.69) is 24.9 Å². The molecule has 0 atom stereocenters. The van der Waals surface area contributed by atoms with E-state index in [1.165, 1.54) is 7.11 Å². The molecule has 1 aromatic heterocycles. The van der Waals surface area contributed by atoms with E-state index in [0.717, 1.165) is 76.2 Å². The maximum atomic E-state index is 13.9. The fourth-order valence-electron chi connectivity index (χ4n) is 3.65. The molecule has 8 heteroatoms. The number of hydrogen-bond acceptors (Lipinski definition) is 7. The Morgan fingerprint density at radius 1 is 0.929 bits per heavy atom. The minimum absolute atomic E-state index is 0.285. The zero-order valence-corrected chi connectivity index (χ0v) is 16.2. The second-order valence-electron chi connectivity index (χ2n) is 7.08. The number of halogens is 1. The van der Waals surface area contributed by atoms with Gasteiger partial charge in [0.1, 0.15) is 0 Å². The van der Waals surface area contributed by atoms with Crippen LogP contribution in [0.3, 0.4) is 0 Å². The first-order chi connectivity index (χ1) is 13.7. The van der Waals surface area contributed by atoms with Crippen molar-refractivity contribution in [2.24, 2.45) is 0 Å². The van der Waals surface area contributed by atoms with Crippen molar-refractivity contribution in [1.29, 1.82) is 0 Å². The van der Waals surface area contributed by atoms with Crippen LogP contribution in [0.5, 0.6) is 5.75 Å². The highest BCUT2D eigenvalue weighted by atomic mass is 19.1. The van der Waals surface area contributed by atoms with Crippen LogP contribution in [0.25, 0.3) is 0 Å². The van der Waals surface area contributed by atoms with Gasteiger partial charge in [-0.25, -0.2) is 4.39 Å². The Morgan fingerprint density at radius 2 is 1.57 bits per heavy atom. The lowest BCUT2D eigenvalue weighted by Crippen LogP contribution is -2.46. The molecule has 0 bridgehead atoms. The number of methoxy groups -OCH3 is 1. The van der Waals surface area contributed by atoms with Crippen molar-refractivity contribution in [3.63, 3.8) is 0 Å². The summed E-state index contributed by atoms with van der Waals surface area (Å²) in [5.41, 5.74) is 0.960. The minimum Gasteiger partial charge on any atom is -0.494 e. The van der Waals surface area contributed by atoms with E-state index >= 15 is 0 Å². The van der Waals surface area contributed by atoms with E-state index in [9.17, 15) is 4.39 Å². The van der Waals surface area contributed by atoms with Gasteiger partial charge in [0.2, 0.25) is 0 Å². The lowest BCUT2D eigenvalue weighted by Gasteiger charge is -2.35. The molecule has 0 amide bonds. The quantitative estimate of drug-likeness (QED) is 0.775. The summed E-state index contributed by atoms with van der Waals surface area (Å²) in [6, 6.07) is 9.25. The summed E-state index contributed by atoms with van der Waals surface area (Å²) in [7, 11) is 1.48. The number of morpholine rings is 1. The van der Waals surface area contributed by atoms with Crippen molar-refractivity contribution >= 4 is 11.6 Å². The molecule has 0 aliphatic carbocycles. The summed E-state index contributed by atoms with van der Waals surface area (Å²) in [5, 5.41) is 8.83. The molecule has 0 radical (unpaired) electrons. The van der Waals surface area contributed by atoms with Gasteiger partial charge in [0.15, 0.2) is 23.2 Å². The Bertz CT molecular complexity index is 775. The normalized spacial score (nSPS) is 18.4. The molecule has 150 valence electrons. The Kier molecular flexibility index (Phi) is 5.87. The third kappa shape index (κ3) is 4.34. The van der Waals surface area contributed by atoms with Crippen LogP contribution in [0.1, 0.15) is 5.56 Å². The molecule has 0 spiro atoms. The lowest BCUT2D eigenvalue weighted by atomic mass is 10.2. The van der Waals surface area contributed by atoms with Crippen molar-refractivity contribution < 1.29 is 13.9 Å². The monoisotopic (exact) mass is 387 g/mol. The Balaban J connectivity index is 1.30. The number of nitrogens with zero attached hydrogens (tertiary/aromatic N) is 5. The smallest absolute Gasteiger partial charge is 0.165 e. The van der Waals surface area contributed by atoms with Crippen molar-refractivity contribution in [3.05, 3.63) is 41.7 Å². The summed E-state index contributed by atoms with van der Waals surface area (Å²) in [5.74, 6) is 1.79. The van der Waals surface area contributed by atoms with E-state index in [1.54, 1.807) is 12.1 Å². The van der Waals surface area contributed by atoms with Gasteiger partial charge in [0, 0.05) is 45.8 Å². The Hall–Kier alpha value is -2.45. The zero-order valence-electron chi connectivity index (χ0n) is 16.2. The van der Waals surface area contributed by atoms with Crippen LogP contribution in [0.4, 0.5) is 16.0 Å². The van der Waals surface area contributed by atoms with Crippen LogP contribution < -0.4 is 14.5 Å². The fourth-order valence-corrected chi connectivity index (χ4v) is 3.65. The third-order valence-electron chi connectivity index (χ3n) is 5.29. The van der Waals surface area contributed by atoms with Crippen molar-refractivity contribution in [1.82, 2.24) is 15.1 Å². The van der Waals surface area contributed by atoms with Gasteiger partial charge in [0.05, 0.1) is 20.3 Å². The molecule has 0 saturated carbocycles. The first-order valence-electron chi connectivity index (χ1n) is 9.69. The van der Waals surface area contributed by atoms with Crippen LogP contribution in [-0.4, -0.2) is 74.7 Å². The molecule has 2 aliphatic heterocycles. The number of benzene rings is 1. The number of anilines is 2. The van der Waals surface area contributed by atoms with Gasteiger partial charge >= 0.3 is 0 Å². The standard InChI is InChI=1S/C20H26FN5O2/c1-27-18-3-2-16(14-17(18)21)15-24-6-8-25(9-7-24)19-4-5-20(23-22-19)26-10-12-28-13-11-26/h2-5,14H,6-13,15H2,1H3. The van der Waals surface area contributed by atoms with E-state index in [0.29, 0.717) is 0 Å². The second kappa shape index (κ2) is 8.70. The van der Waals surface area contributed by atoms with Gasteiger partial charge in [-0.3, -0.25) is 4.90 Å². The highest BCUT2D eigenvalue weighted by Gasteiger charge is 2.20. The zero-order chi connectivity index (χ0) is 19.3. The summed E-state index contributed by atoms with van der Waals surface area (Å²) in [4.78, 5) is 6.78. The summed E-state index contributed by atoms with van der Waals surface area (Å²) >= 11 is 0. The Labute approximate surface area is 164 Å². The minimum atomic E-state index is -0.311.